The summed E-state index contributed by atoms with van der Waals surface area (Å²) in [6.45, 7) is 3.33. The highest BCUT2D eigenvalue weighted by atomic mass is 32.1. The molecule has 2 heterocycles. The standard InChI is InChI=1S/C13H16N4OS/c1-2-15-12-4-5-14-7-11(12)13(18)16-6-3-10-8-19-9-17-10/h4-5,7-9H,2-3,6H2,1H3,(H,14,15)(H,16,18). The van der Waals surface area contributed by atoms with Gasteiger partial charge in [0.15, 0.2) is 0 Å². The highest BCUT2D eigenvalue weighted by molar-refractivity contribution is 7.07. The van der Waals surface area contributed by atoms with Crippen molar-refractivity contribution in [3.8, 4) is 0 Å². The smallest absolute Gasteiger partial charge is 0.254 e. The van der Waals surface area contributed by atoms with Crippen LogP contribution in [0.15, 0.2) is 29.4 Å². The number of carbonyl (C=O) groups excluding carboxylic acids is 1. The zero-order chi connectivity index (χ0) is 13.5. The molecule has 1 amide bonds. The number of pyridine rings is 1. The summed E-state index contributed by atoms with van der Waals surface area (Å²) in [6, 6.07) is 1.80. The molecule has 2 rings (SSSR count). The lowest BCUT2D eigenvalue weighted by Gasteiger charge is -2.10. The Morgan fingerprint density at radius 3 is 3.11 bits per heavy atom. The van der Waals surface area contributed by atoms with Crippen molar-refractivity contribution >= 4 is 22.9 Å². The molecule has 0 spiro atoms. The van der Waals surface area contributed by atoms with Crippen molar-refractivity contribution in [2.45, 2.75) is 13.3 Å². The second-order valence-electron chi connectivity index (χ2n) is 3.94. The van der Waals surface area contributed by atoms with Gasteiger partial charge >= 0.3 is 0 Å². The van der Waals surface area contributed by atoms with Gasteiger partial charge < -0.3 is 10.6 Å². The predicted octanol–water partition coefficient (Wildman–Crippen LogP) is 1.94. The van der Waals surface area contributed by atoms with Crippen LogP contribution in [0.5, 0.6) is 0 Å². The molecule has 0 atom stereocenters. The third-order valence-corrected chi connectivity index (χ3v) is 3.22. The highest BCUT2D eigenvalue weighted by Gasteiger charge is 2.10. The third kappa shape index (κ3) is 3.75. The minimum atomic E-state index is -0.112. The molecule has 0 aliphatic rings. The molecule has 0 saturated heterocycles. The van der Waals surface area contributed by atoms with Crippen molar-refractivity contribution < 1.29 is 4.79 Å². The number of hydrogen-bond acceptors (Lipinski definition) is 5. The SMILES string of the molecule is CCNc1ccncc1C(=O)NCCc1cscn1. The first-order valence-electron chi connectivity index (χ1n) is 6.14. The monoisotopic (exact) mass is 276 g/mol. The summed E-state index contributed by atoms with van der Waals surface area (Å²) in [5.74, 6) is -0.112. The minimum absolute atomic E-state index is 0.112. The Bertz CT molecular complexity index is 527. The van der Waals surface area contributed by atoms with Gasteiger partial charge in [-0.1, -0.05) is 0 Å². The Morgan fingerprint density at radius 2 is 2.37 bits per heavy atom. The molecule has 0 radical (unpaired) electrons. The molecule has 19 heavy (non-hydrogen) atoms. The van der Waals surface area contributed by atoms with Crippen LogP contribution in [0, 0.1) is 0 Å². The average Bonchev–Trinajstić information content (AvgIpc) is 2.93. The van der Waals surface area contributed by atoms with Crippen molar-refractivity contribution in [2.24, 2.45) is 0 Å². The Kier molecular flexibility index (Phi) is 4.85. The first-order chi connectivity index (χ1) is 9.31. The molecule has 0 fully saturated rings. The van der Waals surface area contributed by atoms with E-state index in [1.54, 1.807) is 35.3 Å². The van der Waals surface area contributed by atoms with Crippen molar-refractivity contribution in [3.05, 3.63) is 40.6 Å². The van der Waals surface area contributed by atoms with Gasteiger partial charge in [-0.2, -0.15) is 0 Å². The third-order valence-electron chi connectivity index (χ3n) is 2.58. The van der Waals surface area contributed by atoms with Gasteiger partial charge in [-0.05, 0) is 13.0 Å². The summed E-state index contributed by atoms with van der Waals surface area (Å²) in [6.07, 6.45) is 3.99. The number of rotatable bonds is 6. The number of thiazole rings is 1. The van der Waals surface area contributed by atoms with Crippen LogP contribution in [0.4, 0.5) is 5.69 Å². The summed E-state index contributed by atoms with van der Waals surface area (Å²) in [4.78, 5) is 20.2. The van der Waals surface area contributed by atoms with Gasteiger partial charge in [-0.3, -0.25) is 9.78 Å². The topological polar surface area (TPSA) is 66.9 Å². The van der Waals surface area contributed by atoms with Crippen LogP contribution < -0.4 is 10.6 Å². The van der Waals surface area contributed by atoms with Crippen molar-refractivity contribution in [3.63, 3.8) is 0 Å². The van der Waals surface area contributed by atoms with Gasteiger partial charge in [0.25, 0.3) is 5.91 Å². The van der Waals surface area contributed by atoms with Crippen LogP contribution in [0.25, 0.3) is 0 Å². The zero-order valence-electron chi connectivity index (χ0n) is 10.7. The van der Waals surface area contributed by atoms with E-state index < -0.39 is 0 Å². The van der Waals surface area contributed by atoms with Gasteiger partial charge in [-0.25, -0.2) is 4.98 Å². The molecule has 0 aromatic carbocycles. The largest absolute Gasteiger partial charge is 0.385 e. The summed E-state index contributed by atoms with van der Waals surface area (Å²) in [7, 11) is 0. The molecular weight excluding hydrogens is 260 g/mol. The quantitative estimate of drug-likeness (QED) is 0.846. The Labute approximate surface area is 116 Å². The molecule has 2 N–H and O–H groups in total. The van der Waals surface area contributed by atoms with Gasteiger partial charge in [0, 0.05) is 37.3 Å². The number of anilines is 1. The van der Waals surface area contributed by atoms with E-state index in [9.17, 15) is 4.79 Å². The van der Waals surface area contributed by atoms with Crippen molar-refractivity contribution in [2.75, 3.05) is 18.4 Å². The second-order valence-corrected chi connectivity index (χ2v) is 4.66. The maximum atomic E-state index is 12.1. The minimum Gasteiger partial charge on any atom is -0.385 e. The first-order valence-corrected chi connectivity index (χ1v) is 7.08. The molecule has 0 saturated carbocycles. The molecule has 0 aliphatic heterocycles. The van der Waals surface area contributed by atoms with E-state index in [2.05, 4.69) is 20.6 Å². The fourth-order valence-corrected chi connectivity index (χ4v) is 2.27. The van der Waals surface area contributed by atoms with Crippen molar-refractivity contribution in [1.29, 1.82) is 0 Å². The number of carbonyl (C=O) groups is 1. The average molecular weight is 276 g/mol. The molecule has 0 bridgehead atoms. The zero-order valence-corrected chi connectivity index (χ0v) is 11.5. The van der Waals surface area contributed by atoms with Crippen LogP contribution in [-0.4, -0.2) is 29.0 Å². The first kappa shape index (κ1) is 13.5. The molecule has 6 heteroatoms. The predicted molar refractivity (Wildman–Crippen MR) is 76.6 cm³/mol. The van der Waals surface area contributed by atoms with Crippen LogP contribution in [0.2, 0.25) is 0 Å². The van der Waals surface area contributed by atoms with Gasteiger partial charge in [0.05, 0.1) is 22.5 Å². The fraction of sp³-hybridized carbons (Fsp3) is 0.308. The van der Waals surface area contributed by atoms with E-state index in [1.165, 1.54) is 0 Å². The Hall–Kier alpha value is -1.95. The van der Waals surface area contributed by atoms with Crippen LogP contribution >= 0.6 is 11.3 Å². The van der Waals surface area contributed by atoms with Crippen LogP contribution in [0.1, 0.15) is 23.0 Å². The molecule has 2 aromatic heterocycles. The van der Waals surface area contributed by atoms with E-state index in [4.69, 9.17) is 0 Å². The van der Waals surface area contributed by atoms with Gasteiger partial charge in [-0.15, -0.1) is 11.3 Å². The van der Waals surface area contributed by atoms with E-state index in [-0.39, 0.29) is 5.91 Å². The number of nitrogens with zero attached hydrogens (tertiary/aromatic N) is 2. The van der Waals surface area contributed by atoms with E-state index in [0.29, 0.717) is 12.1 Å². The highest BCUT2D eigenvalue weighted by Crippen LogP contribution is 2.12. The van der Waals surface area contributed by atoms with Crippen LogP contribution in [-0.2, 0) is 6.42 Å². The number of nitrogens with one attached hydrogen (secondary N) is 2. The Morgan fingerprint density at radius 1 is 1.47 bits per heavy atom. The summed E-state index contributed by atoms with van der Waals surface area (Å²) >= 11 is 1.56. The number of aromatic nitrogens is 2. The Balaban J connectivity index is 1.92. The van der Waals surface area contributed by atoms with Gasteiger partial charge in [0.2, 0.25) is 0 Å². The molecule has 100 valence electrons. The summed E-state index contributed by atoms with van der Waals surface area (Å²) in [5.41, 5.74) is 4.18. The van der Waals surface area contributed by atoms with Gasteiger partial charge in [0.1, 0.15) is 0 Å². The lowest BCUT2D eigenvalue weighted by Crippen LogP contribution is -2.26. The lowest BCUT2D eigenvalue weighted by atomic mass is 10.2. The molecule has 2 aromatic rings. The molecule has 0 aliphatic carbocycles. The lowest BCUT2D eigenvalue weighted by molar-refractivity contribution is 0.0954. The maximum absolute atomic E-state index is 12.1. The number of hydrogen-bond donors (Lipinski definition) is 2. The van der Waals surface area contributed by atoms with E-state index in [1.807, 2.05) is 12.3 Å². The van der Waals surface area contributed by atoms with Crippen molar-refractivity contribution in [1.82, 2.24) is 15.3 Å². The normalized spacial score (nSPS) is 10.2. The number of amides is 1. The second kappa shape index (κ2) is 6.84. The maximum Gasteiger partial charge on any atom is 0.254 e. The van der Waals surface area contributed by atoms with E-state index in [0.717, 1.165) is 24.3 Å². The molecule has 5 nitrogen and oxygen atoms in total. The van der Waals surface area contributed by atoms with E-state index >= 15 is 0 Å². The summed E-state index contributed by atoms with van der Waals surface area (Å²) in [5, 5.41) is 8.02. The fourth-order valence-electron chi connectivity index (χ4n) is 1.68. The van der Waals surface area contributed by atoms with Crippen LogP contribution in [0.3, 0.4) is 0 Å². The molecule has 0 unspecified atom stereocenters. The summed E-state index contributed by atoms with van der Waals surface area (Å²) < 4.78 is 0. The molecular formula is C13H16N4OS.